The van der Waals surface area contributed by atoms with E-state index in [-0.39, 0.29) is 12.5 Å². The van der Waals surface area contributed by atoms with Crippen LogP contribution in [0.2, 0.25) is 0 Å². The lowest BCUT2D eigenvalue weighted by Crippen LogP contribution is -2.33. The number of nitrogens with one attached hydrogen (secondary N) is 1. The lowest BCUT2D eigenvalue weighted by molar-refractivity contribution is 0.575. The van der Waals surface area contributed by atoms with Gasteiger partial charge in [0.15, 0.2) is 0 Å². The fourth-order valence-electron chi connectivity index (χ4n) is 1.11. The van der Waals surface area contributed by atoms with E-state index in [0.29, 0.717) is 9.88 Å². The zero-order chi connectivity index (χ0) is 13.2. The molecule has 8 heteroatoms. The van der Waals surface area contributed by atoms with Crippen molar-refractivity contribution in [1.29, 1.82) is 0 Å². The molecule has 1 heterocycles. The molecule has 1 unspecified atom stereocenters. The van der Waals surface area contributed by atoms with Crippen molar-refractivity contribution < 1.29 is 8.42 Å². The summed E-state index contributed by atoms with van der Waals surface area (Å²) in [4.78, 5) is 1.34. The lowest BCUT2D eigenvalue weighted by Gasteiger charge is -2.11. The Morgan fingerprint density at radius 1 is 1.71 bits per heavy atom. The summed E-state index contributed by atoms with van der Waals surface area (Å²) in [6.45, 7) is 3.76. The molecule has 3 N–H and O–H groups in total. The molecule has 17 heavy (non-hydrogen) atoms. The minimum atomic E-state index is -3.48. The number of rotatable bonds is 5. The van der Waals surface area contributed by atoms with E-state index in [2.05, 4.69) is 20.7 Å². The number of halogens is 1. The van der Waals surface area contributed by atoms with Gasteiger partial charge in [-0.1, -0.05) is 19.1 Å². The molecule has 0 aliphatic carbocycles. The molecule has 0 saturated carbocycles. The van der Waals surface area contributed by atoms with Crippen LogP contribution < -0.4 is 10.5 Å². The van der Waals surface area contributed by atoms with Crippen molar-refractivity contribution >= 4 is 54.5 Å². The summed E-state index contributed by atoms with van der Waals surface area (Å²) in [6.07, 6.45) is 0. The maximum Gasteiger partial charge on any atom is 0.241 e. The maximum atomic E-state index is 12.0. The van der Waals surface area contributed by atoms with Crippen molar-refractivity contribution in [2.24, 2.45) is 11.7 Å². The Bertz CT molecular complexity index is 524. The van der Waals surface area contributed by atoms with Crippen LogP contribution in [0.15, 0.2) is 14.7 Å². The van der Waals surface area contributed by atoms with E-state index in [9.17, 15) is 8.42 Å². The lowest BCUT2D eigenvalue weighted by atomic mass is 10.2. The zero-order valence-corrected chi connectivity index (χ0v) is 13.4. The normalized spacial score (nSPS) is 13.6. The Balaban J connectivity index is 2.83. The highest BCUT2D eigenvalue weighted by atomic mass is 79.9. The quantitative estimate of drug-likeness (QED) is 0.791. The van der Waals surface area contributed by atoms with Gasteiger partial charge in [-0.05, 0) is 28.9 Å². The van der Waals surface area contributed by atoms with Gasteiger partial charge in [-0.25, -0.2) is 13.1 Å². The number of nitrogens with two attached hydrogens (primary N) is 1. The molecule has 0 amide bonds. The van der Waals surface area contributed by atoms with E-state index < -0.39 is 10.0 Å². The molecule has 0 spiro atoms. The zero-order valence-electron chi connectivity index (χ0n) is 9.36. The summed E-state index contributed by atoms with van der Waals surface area (Å²) in [5.41, 5.74) is 5.43. The van der Waals surface area contributed by atoms with Gasteiger partial charge in [0.25, 0.3) is 0 Å². The molecule has 96 valence electrons. The van der Waals surface area contributed by atoms with Crippen molar-refractivity contribution in [2.45, 2.75) is 18.7 Å². The van der Waals surface area contributed by atoms with Crippen LogP contribution >= 0.6 is 39.5 Å². The van der Waals surface area contributed by atoms with E-state index in [0.717, 1.165) is 8.66 Å². The second-order valence-corrected chi connectivity index (χ2v) is 8.47. The first-order valence-electron chi connectivity index (χ1n) is 4.79. The van der Waals surface area contributed by atoms with Gasteiger partial charge in [0.1, 0.15) is 0 Å². The molecule has 0 aliphatic rings. The molecule has 1 aromatic heterocycles. The molecule has 1 rings (SSSR count). The van der Waals surface area contributed by atoms with Gasteiger partial charge in [-0.15, -0.1) is 11.3 Å². The topological polar surface area (TPSA) is 72.2 Å². The molecule has 0 saturated heterocycles. The van der Waals surface area contributed by atoms with Crippen LogP contribution in [0.1, 0.15) is 11.8 Å². The molecular weight excluding hydrogens is 344 g/mol. The third-order valence-electron chi connectivity index (χ3n) is 2.20. The van der Waals surface area contributed by atoms with Crippen LogP contribution in [0.25, 0.3) is 0 Å². The molecule has 0 bridgehead atoms. The summed E-state index contributed by atoms with van der Waals surface area (Å²) in [5, 5.41) is 0. The van der Waals surface area contributed by atoms with Gasteiger partial charge < -0.3 is 5.73 Å². The van der Waals surface area contributed by atoms with Crippen LogP contribution in [0.5, 0.6) is 0 Å². The molecule has 0 aromatic carbocycles. The minimum Gasteiger partial charge on any atom is -0.393 e. The van der Waals surface area contributed by atoms with Gasteiger partial charge >= 0.3 is 0 Å². The van der Waals surface area contributed by atoms with Crippen LogP contribution in [-0.2, 0) is 10.0 Å². The maximum absolute atomic E-state index is 12.0. The van der Waals surface area contributed by atoms with Gasteiger partial charge in [-0.2, -0.15) is 0 Å². The van der Waals surface area contributed by atoms with Crippen molar-refractivity contribution in [1.82, 2.24) is 4.72 Å². The molecule has 0 radical (unpaired) electrons. The molecular formula is C9H13BrN2O2S3. The molecule has 0 aliphatic heterocycles. The first-order chi connectivity index (χ1) is 7.74. The van der Waals surface area contributed by atoms with E-state index in [1.807, 2.05) is 0 Å². The molecule has 0 fully saturated rings. The van der Waals surface area contributed by atoms with E-state index in [1.54, 1.807) is 19.9 Å². The van der Waals surface area contributed by atoms with Crippen LogP contribution in [0, 0.1) is 12.8 Å². The van der Waals surface area contributed by atoms with Gasteiger partial charge in [0, 0.05) is 17.3 Å². The Kier molecular flexibility index (Phi) is 5.08. The highest BCUT2D eigenvalue weighted by Crippen LogP contribution is 2.29. The van der Waals surface area contributed by atoms with Crippen LogP contribution in [-0.4, -0.2) is 20.0 Å². The predicted molar refractivity (Wildman–Crippen MR) is 77.9 cm³/mol. The highest BCUT2D eigenvalue weighted by Gasteiger charge is 2.20. The Morgan fingerprint density at radius 2 is 2.29 bits per heavy atom. The SMILES string of the molecule is Cc1sc(Br)cc1S(=O)(=O)NCC(C)C(N)=S. The third-order valence-corrected chi connectivity index (χ3v) is 5.83. The molecule has 1 atom stereocenters. The number of hydrogen-bond donors (Lipinski definition) is 2. The summed E-state index contributed by atoms with van der Waals surface area (Å²) >= 11 is 9.44. The van der Waals surface area contributed by atoms with Crippen molar-refractivity contribution in [2.75, 3.05) is 6.54 Å². The number of aryl methyl sites for hydroxylation is 1. The Labute approximate surface area is 119 Å². The van der Waals surface area contributed by atoms with E-state index in [1.165, 1.54) is 11.3 Å². The highest BCUT2D eigenvalue weighted by molar-refractivity contribution is 9.11. The second kappa shape index (κ2) is 5.75. The number of sulfonamides is 1. The monoisotopic (exact) mass is 356 g/mol. The average Bonchev–Trinajstić information content (AvgIpc) is 2.55. The fourth-order valence-corrected chi connectivity index (χ4v) is 4.74. The number of thiophene rings is 1. The van der Waals surface area contributed by atoms with Crippen LogP contribution in [0.4, 0.5) is 0 Å². The first-order valence-corrected chi connectivity index (χ1v) is 8.29. The molecule has 4 nitrogen and oxygen atoms in total. The first kappa shape index (κ1) is 15.0. The van der Waals surface area contributed by atoms with Crippen molar-refractivity contribution in [3.63, 3.8) is 0 Å². The Morgan fingerprint density at radius 3 is 2.71 bits per heavy atom. The van der Waals surface area contributed by atoms with Gasteiger partial charge in [0.2, 0.25) is 10.0 Å². The van der Waals surface area contributed by atoms with Gasteiger partial charge in [0.05, 0.1) is 13.7 Å². The summed E-state index contributed by atoms with van der Waals surface area (Å²) in [5.74, 6) is -0.165. The third kappa shape index (κ3) is 3.99. The predicted octanol–water partition coefficient (Wildman–Crippen LogP) is 2.02. The van der Waals surface area contributed by atoms with Crippen molar-refractivity contribution in [3.8, 4) is 0 Å². The van der Waals surface area contributed by atoms with Crippen LogP contribution in [0.3, 0.4) is 0 Å². The van der Waals surface area contributed by atoms with Crippen molar-refractivity contribution in [3.05, 3.63) is 14.7 Å². The second-order valence-electron chi connectivity index (χ2n) is 3.63. The Hall–Kier alpha value is -0.0200. The van der Waals surface area contributed by atoms with E-state index in [4.69, 9.17) is 18.0 Å². The summed E-state index contributed by atoms with van der Waals surface area (Å²) in [6, 6.07) is 1.59. The average molecular weight is 357 g/mol. The number of hydrogen-bond acceptors (Lipinski definition) is 4. The summed E-state index contributed by atoms with van der Waals surface area (Å²) < 4.78 is 27.3. The van der Waals surface area contributed by atoms with E-state index >= 15 is 0 Å². The molecule has 1 aromatic rings. The summed E-state index contributed by atoms with van der Waals surface area (Å²) in [7, 11) is -3.48. The smallest absolute Gasteiger partial charge is 0.241 e. The van der Waals surface area contributed by atoms with Gasteiger partial charge in [-0.3, -0.25) is 0 Å². The number of thiocarbonyl (C=S) groups is 1. The standard InChI is InChI=1S/C9H13BrN2O2S3/c1-5(9(11)15)4-12-17(13,14)7-3-8(10)16-6(7)2/h3,5,12H,4H2,1-2H3,(H2,11,15). The largest absolute Gasteiger partial charge is 0.393 e. The fraction of sp³-hybridized carbons (Fsp3) is 0.444. The minimum absolute atomic E-state index is 0.165.